The summed E-state index contributed by atoms with van der Waals surface area (Å²) in [6.45, 7) is 2.72. The molecule has 7 heteroatoms. The van der Waals surface area contributed by atoms with Gasteiger partial charge in [0.15, 0.2) is 5.78 Å². The van der Waals surface area contributed by atoms with Crippen LogP contribution in [-0.2, 0) is 13.0 Å². The summed E-state index contributed by atoms with van der Waals surface area (Å²) >= 11 is 8.52. The van der Waals surface area contributed by atoms with Crippen molar-refractivity contribution in [3.8, 4) is 5.75 Å². The average molecular weight is 524 g/mol. The molecule has 1 aromatic carbocycles. The first-order chi connectivity index (χ1) is 13.5. The first-order valence-electron chi connectivity index (χ1n) is 8.85. The lowest BCUT2D eigenvalue weighted by atomic mass is 10.1. The Morgan fingerprint density at radius 2 is 2.14 bits per heavy atom. The van der Waals surface area contributed by atoms with Crippen LogP contribution in [0.4, 0.5) is 0 Å². The number of hydrogen-bond acceptors (Lipinski definition) is 4. The van der Waals surface area contributed by atoms with Crippen LogP contribution in [0.1, 0.15) is 39.0 Å². The van der Waals surface area contributed by atoms with Crippen LogP contribution in [0.5, 0.6) is 5.75 Å². The molecular formula is C21H20Br2N2O2S. The van der Waals surface area contributed by atoms with Crippen LogP contribution in [0.15, 0.2) is 51.7 Å². The largest absolute Gasteiger partial charge is 0.496 e. The highest BCUT2D eigenvalue weighted by atomic mass is 79.9. The second-order valence-electron chi connectivity index (χ2n) is 6.26. The third-order valence-electron chi connectivity index (χ3n) is 4.14. The van der Waals surface area contributed by atoms with Crippen LogP contribution in [0, 0.1) is 0 Å². The predicted octanol–water partition coefficient (Wildman–Crippen LogP) is 6.38. The molecule has 4 nitrogen and oxygen atoms in total. The van der Waals surface area contributed by atoms with Crippen LogP contribution < -0.4 is 4.74 Å². The van der Waals surface area contributed by atoms with Gasteiger partial charge >= 0.3 is 0 Å². The molecule has 0 spiro atoms. The summed E-state index contributed by atoms with van der Waals surface area (Å²) in [6, 6.07) is 7.79. The molecule has 0 aliphatic carbocycles. The van der Waals surface area contributed by atoms with E-state index in [1.54, 1.807) is 30.7 Å². The number of aromatic nitrogens is 2. The number of rotatable bonds is 8. The zero-order valence-corrected chi connectivity index (χ0v) is 19.6. The molecule has 0 fully saturated rings. The number of allylic oxidation sites excluding steroid dienone is 1. The van der Waals surface area contributed by atoms with E-state index in [4.69, 9.17) is 4.74 Å². The monoisotopic (exact) mass is 522 g/mol. The third-order valence-corrected chi connectivity index (χ3v) is 6.73. The second kappa shape index (κ2) is 9.67. The fraction of sp³-hybridized carbons (Fsp3) is 0.238. The Morgan fingerprint density at radius 1 is 1.32 bits per heavy atom. The molecule has 0 unspecified atom stereocenters. The van der Waals surface area contributed by atoms with Crippen LogP contribution in [-0.4, -0.2) is 22.7 Å². The van der Waals surface area contributed by atoms with Crippen molar-refractivity contribution < 1.29 is 9.53 Å². The lowest BCUT2D eigenvalue weighted by Gasteiger charge is -2.09. The molecule has 0 saturated heterocycles. The van der Waals surface area contributed by atoms with Crippen molar-refractivity contribution in [2.45, 2.75) is 26.3 Å². The highest BCUT2D eigenvalue weighted by Crippen LogP contribution is 2.29. The summed E-state index contributed by atoms with van der Waals surface area (Å²) in [6.07, 6.45) is 9.17. The predicted molar refractivity (Wildman–Crippen MR) is 121 cm³/mol. The smallest absolute Gasteiger partial charge is 0.195 e. The van der Waals surface area contributed by atoms with Crippen molar-refractivity contribution in [1.82, 2.24) is 9.78 Å². The Hall–Kier alpha value is -1.70. The summed E-state index contributed by atoms with van der Waals surface area (Å²) in [5.41, 5.74) is 1.94. The Labute approximate surface area is 185 Å². The number of carbonyl (C=O) groups excluding carboxylic acids is 1. The first kappa shape index (κ1) is 21.0. The summed E-state index contributed by atoms with van der Waals surface area (Å²) < 4.78 is 9.25. The number of methoxy groups -OCH3 is 1. The van der Waals surface area contributed by atoms with Gasteiger partial charge < -0.3 is 4.74 Å². The van der Waals surface area contributed by atoms with E-state index in [0.717, 1.165) is 43.5 Å². The fourth-order valence-electron chi connectivity index (χ4n) is 2.80. The maximum atomic E-state index is 12.5. The number of hydrogen-bond donors (Lipinski definition) is 0. The van der Waals surface area contributed by atoms with E-state index in [1.807, 2.05) is 41.2 Å². The van der Waals surface area contributed by atoms with Gasteiger partial charge in [-0.1, -0.05) is 25.5 Å². The van der Waals surface area contributed by atoms with Crippen molar-refractivity contribution in [2.24, 2.45) is 0 Å². The minimum atomic E-state index is 0.0152. The molecular weight excluding hydrogens is 504 g/mol. The fourth-order valence-corrected chi connectivity index (χ4v) is 5.03. The molecule has 0 aliphatic rings. The topological polar surface area (TPSA) is 44.1 Å². The summed E-state index contributed by atoms with van der Waals surface area (Å²) in [5.74, 6) is 0.808. The molecule has 2 aromatic heterocycles. The van der Waals surface area contributed by atoms with Crippen molar-refractivity contribution in [2.75, 3.05) is 7.11 Å². The molecule has 0 atom stereocenters. The molecule has 0 bridgehead atoms. The number of halogens is 2. The summed E-state index contributed by atoms with van der Waals surface area (Å²) in [7, 11) is 1.65. The van der Waals surface area contributed by atoms with Gasteiger partial charge in [-0.25, -0.2) is 0 Å². The van der Waals surface area contributed by atoms with Gasteiger partial charge in [-0.05, 0) is 68.1 Å². The van der Waals surface area contributed by atoms with E-state index in [9.17, 15) is 4.79 Å². The van der Waals surface area contributed by atoms with Crippen LogP contribution >= 0.6 is 43.2 Å². The Balaban J connectivity index is 1.78. The Kier molecular flexibility index (Phi) is 7.26. The number of benzene rings is 1. The van der Waals surface area contributed by atoms with E-state index in [2.05, 4.69) is 43.9 Å². The van der Waals surface area contributed by atoms with Gasteiger partial charge in [-0.15, -0.1) is 11.3 Å². The molecule has 0 aliphatic heterocycles. The minimum absolute atomic E-state index is 0.0152. The quantitative estimate of drug-likeness (QED) is 0.254. The molecule has 3 aromatic rings. The van der Waals surface area contributed by atoms with E-state index in [-0.39, 0.29) is 5.78 Å². The highest BCUT2D eigenvalue weighted by Gasteiger charge is 2.11. The molecule has 146 valence electrons. The zero-order chi connectivity index (χ0) is 20.1. The minimum Gasteiger partial charge on any atom is -0.496 e. The van der Waals surface area contributed by atoms with Gasteiger partial charge in [0.2, 0.25) is 0 Å². The lowest BCUT2D eigenvalue weighted by molar-refractivity contribution is 0.105. The molecule has 0 radical (unpaired) electrons. The van der Waals surface area contributed by atoms with Gasteiger partial charge in [0.1, 0.15) is 5.75 Å². The maximum Gasteiger partial charge on any atom is 0.195 e. The van der Waals surface area contributed by atoms with Gasteiger partial charge in [0.25, 0.3) is 0 Å². The standard InChI is InChI=1S/C21H20Br2N2O2S/c1-3-4-20-17(23)10-21(28-20)18(26)7-5-14-6-8-19(27-2)15(9-14)12-25-13-16(22)11-24-25/h5-11,13H,3-4,12H2,1-2H3/b7-5+. The van der Waals surface area contributed by atoms with E-state index in [1.165, 1.54) is 4.88 Å². The van der Waals surface area contributed by atoms with E-state index < -0.39 is 0 Å². The lowest BCUT2D eigenvalue weighted by Crippen LogP contribution is -2.02. The molecule has 0 saturated carbocycles. The number of nitrogens with zero attached hydrogens (tertiary/aromatic N) is 2. The molecule has 28 heavy (non-hydrogen) atoms. The number of ether oxygens (including phenoxy) is 1. The number of thiophene rings is 1. The number of aryl methyl sites for hydroxylation is 1. The molecule has 2 heterocycles. The number of carbonyl (C=O) groups is 1. The summed E-state index contributed by atoms with van der Waals surface area (Å²) in [5, 5.41) is 4.29. The van der Waals surface area contributed by atoms with Gasteiger partial charge in [-0.3, -0.25) is 9.48 Å². The van der Waals surface area contributed by atoms with Crippen molar-refractivity contribution in [3.63, 3.8) is 0 Å². The zero-order valence-electron chi connectivity index (χ0n) is 15.6. The van der Waals surface area contributed by atoms with Gasteiger partial charge in [0, 0.05) is 21.1 Å². The Morgan fingerprint density at radius 3 is 2.82 bits per heavy atom. The van der Waals surface area contributed by atoms with Crippen molar-refractivity contribution in [3.05, 3.63) is 72.6 Å². The van der Waals surface area contributed by atoms with Gasteiger partial charge in [0.05, 0.1) is 29.2 Å². The van der Waals surface area contributed by atoms with Crippen molar-refractivity contribution >= 4 is 55.1 Å². The summed E-state index contributed by atoms with van der Waals surface area (Å²) in [4.78, 5) is 14.5. The van der Waals surface area contributed by atoms with Gasteiger partial charge in [-0.2, -0.15) is 5.10 Å². The van der Waals surface area contributed by atoms with Crippen LogP contribution in [0.3, 0.4) is 0 Å². The third kappa shape index (κ3) is 5.21. The molecule has 3 rings (SSSR count). The first-order valence-corrected chi connectivity index (χ1v) is 11.3. The molecule has 0 amide bonds. The maximum absolute atomic E-state index is 12.5. The normalized spacial score (nSPS) is 11.3. The number of ketones is 1. The Bertz CT molecular complexity index is 1010. The SMILES string of the molecule is CCCc1sc(C(=O)/C=C/c2ccc(OC)c(Cn3cc(Br)cn3)c2)cc1Br. The van der Waals surface area contributed by atoms with E-state index >= 15 is 0 Å². The van der Waals surface area contributed by atoms with Crippen LogP contribution in [0.25, 0.3) is 6.08 Å². The average Bonchev–Trinajstić information content (AvgIpc) is 3.26. The molecule has 0 N–H and O–H groups in total. The van der Waals surface area contributed by atoms with E-state index in [0.29, 0.717) is 6.54 Å². The van der Waals surface area contributed by atoms with Crippen molar-refractivity contribution in [1.29, 1.82) is 0 Å². The highest BCUT2D eigenvalue weighted by molar-refractivity contribution is 9.10. The second-order valence-corrected chi connectivity index (χ2v) is 9.16. The van der Waals surface area contributed by atoms with Crippen LogP contribution in [0.2, 0.25) is 0 Å².